The summed E-state index contributed by atoms with van der Waals surface area (Å²) in [7, 11) is 1.60. The zero-order valence-corrected chi connectivity index (χ0v) is 9.51. The van der Waals surface area contributed by atoms with Gasteiger partial charge in [-0.1, -0.05) is 6.07 Å². The SMILES string of the molecule is Cc1ccc(C(=O)N(C)CCCl)c(F)c1. The van der Waals surface area contributed by atoms with Crippen molar-refractivity contribution in [3.8, 4) is 0 Å². The molecule has 0 heterocycles. The van der Waals surface area contributed by atoms with Gasteiger partial charge in [-0.3, -0.25) is 4.79 Å². The van der Waals surface area contributed by atoms with Crippen LogP contribution in [0.2, 0.25) is 0 Å². The zero-order chi connectivity index (χ0) is 11.4. The number of halogens is 2. The van der Waals surface area contributed by atoms with Crippen LogP contribution >= 0.6 is 11.6 Å². The second-order valence-corrected chi connectivity index (χ2v) is 3.78. The maximum Gasteiger partial charge on any atom is 0.256 e. The summed E-state index contributed by atoms with van der Waals surface area (Å²) in [5.41, 5.74) is 0.886. The Bertz CT molecular complexity index is 368. The number of hydrogen-bond donors (Lipinski definition) is 0. The predicted molar refractivity (Wildman–Crippen MR) is 58.8 cm³/mol. The summed E-state index contributed by atoms with van der Waals surface area (Å²) in [6.45, 7) is 2.19. The van der Waals surface area contributed by atoms with E-state index in [1.807, 2.05) is 0 Å². The molecular weight excluding hydrogens is 217 g/mol. The summed E-state index contributed by atoms with van der Waals surface area (Å²) in [5.74, 6) is -0.481. The van der Waals surface area contributed by atoms with Gasteiger partial charge >= 0.3 is 0 Å². The maximum absolute atomic E-state index is 13.4. The van der Waals surface area contributed by atoms with Crippen molar-refractivity contribution >= 4 is 17.5 Å². The number of carbonyl (C=O) groups is 1. The van der Waals surface area contributed by atoms with Gasteiger partial charge in [0.2, 0.25) is 0 Å². The summed E-state index contributed by atoms with van der Waals surface area (Å²) in [6.07, 6.45) is 0. The van der Waals surface area contributed by atoms with Crippen molar-refractivity contribution in [3.05, 3.63) is 35.1 Å². The number of alkyl halides is 1. The fraction of sp³-hybridized carbons (Fsp3) is 0.364. The van der Waals surface area contributed by atoms with E-state index in [1.165, 1.54) is 17.0 Å². The number of amides is 1. The molecule has 1 aromatic carbocycles. The fourth-order valence-corrected chi connectivity index (χ4v) is 1.48. The molecule has 15 heavy (non-hydrogen) atoms. The lowest BCUT2D eigenvalue weighted by atomic mass is 10.1. The molecule has 0 radical (unpaired) electrons. The standard InChI is InChI=1S/C11H13ClFNO/c1-8-3-4-9(10(13)7-8)11(15)14(2)6-5-12/h3-4,7H,5-6H2,1-2H3. The van der Waals surface area contributed by atoms with Crippen molar-refractivity contribution in [2.45, 2.75) is 6.92 Å². The number of benzene rings is 1. The molecule has 0 saturated carbocycles. The van der Waals surface area contributed by atoms with Gasteiger partial charge in [0, 0.05) is 19.5 Å². The van der Waals surface area contributed by atoms with Gasteiger partial charge in [0.25, 0.3) is 5.91 Å². The largest absolute Gasteiger partial charge is 0.340 e. The van der Waals surface area contributed by atoms with E-state index in [1.54, 1.807) is 20.0 Å². The third-order valence-corrected chi connectivity index (χ3v) is 2.29. The Kier molecular flexibility index (Phi) is 4.09. The van der Waals surface area contributed by atoms with Gasteiger partial charge in [0.15, 0.2) is 0 Å². The Morgan fingerprint density at radius 1 is 1.53 bits per heavy atom. The Balaban J connectivity index is 2.91. The van der Waals surface area contributed by atoms with E-state index in [4.69, 9.17) is 11.6 Å². The first-order valence-corrected chi connectivity index (χ1v) is 5.17. The predicted octanol–water partition coefficient (Wildman–Crippen LogP) is 2.44. The van der Waals surface area contributed by atoms with Gasteiger partial charge in [-0.05, 0) is 24.6 Å². The first-order valence-electron chi connectivity index (χ1n) is 4.64. The topological polar surface area (TPSA) is 20.3 Å². The van der Waals surface area contributed by atoms with Crippen LogP contribution in [0.15, 0.2) is 18.2 Å². The Morgan fingerprint density at radius 2 is 2.20 bits per heavy atom. The molecule has 1 rings (SSSR count). The summed E-state index contributed by atoms with van der Waals surface area (Å²) in [5, 5.41) is 0. The average molecular weight is 230 g/mol. The number of carbonyl (C=O) groups excluding carboxylic acids is 1. The monoisotopic (exact) mass is 229 g/mol. The molecular formula is C11H13ClFNO. The number of hydrogen-bond acceptors (Lipinski definition) is 1. The van der Waals surface area contributed by atoms with Crippen LogP contribution in [-0.2, 0) is 0 Å². The molecule has 0 fully saturated rings. The lowest BCUT2D eigenvalue weighted by Crippen LogP contribution is -2.29. The molecule has 0 atom stereocenters. The minimum absolute atomic E-state index is 0.0909. The van der Waals surface area contributed by atoms with Crippen molar-refractivity contribution in [1.29, 1.82) is 0 Å². The lowest BCUT2D eigenvalue weighted by Gasteiger charge is -2.15. The summed E-state index contributed by atoms with van der Waals surface area (Å²) < 4.78 is 13.4. The quantitative estimate of drug-likeness (QED) is 0.729. The molecule has 0 N–H and O–H groups in total. The number of nitrogens with zero attached hydrogens (tertiary/aromatic N) is 1. The molecule has 1 aromatic rings. The summed E-state index contributed by atoms with van der Waals surface area (Å²) in [4.78, 5) is 13.1. The van der Waals surface area contributed by atoms with E-state index >= 15 is 0 Å². The molecule has 0 unspecified atom stereocenters. The summed E-state index contributed by atoms with van der Waals surface area (Å²) >= 11 is 5.51. The first kappa shape index (κ1) is 12.0. The second-order valence-electron chi connectivity index (χ2n) is 3.40. The van der Waals surface area contributed by atoms with Crippen LogP contribution in [0.3, 0.4) is 0 Å². The molecule has 0 saturated heterocycles. The van der Waals surface area contributed by atoms with Crippen LogP contribution in [0.25, 0.3) is 0 Å². The Hall–Kier alpha value is -1.09. The maximum atomic E-state index is 13.4. The van der Waals surface area contributed by atoms with Crippen molar-refractivity contribution in [2.75, 3.05) is 19.5 Å². The number of rotatable bonds is 3. The molecule has 2 nitrogen and oxygen atoms in total. The average Bonchev–Trinajstić information content (AvgIpc) is 2.17. The molecule has 0 aliphatic rings. The first-order chi connectivity index (χ1) is 7.06. The van der Waals surface area contributed by atoms with Gasteiger partial charge < -0.3 is 4.90 Å². The molecule has 0 bridgehead atoms. The van der Waals surface area contributed by atoms with Crippen LogP contribution < -0.4 is 0 Å². The highest BCUT2D eigenvalue weighted by Gasteiger charge is 2.15. The fourth-order valence-electron chi connectivity index (χ4n) is 1.23. The van der Waals surface area contributed by atoms with E-state index < -0.39 is 5.82 Å². The van der Waals surface area contributed by atoms with E-state index in [0.29, 0.717) is 12.4 Å². The van der Waals surface area contributed by atoms with Gasteiger partial charge in [0.1, 0.15) is 5.82 Å². The van der Waals surface area contributed by atoms with Crippen molar-refractivity contribution in [2.24, 2.45) is 0 Å². The Morgan fingerprint density at radius 3 is 2.73 bits per heavy atom. The number of aryl methyl sites for hydroxylation is 1. The van der Waals surface area contributed by atoms with Gasteiger partial charge in [-0.15, -0.1) is 11.6 Å². The highest BCUT2D eigenvalue weighted by Crippen LogP contribution is 2.11. The van der Waals surface area contributed by atoms with E-state index in [-0.39, 0.29) is 11.5 Å². The van der Waals surface area contributed by atoms with Crippen molar-refractivity contribution < 1.29 is 9.18 Å². The van der Waals surface area contributed by atoms with Crippen LogP contribution in [0, 0.1) is 12.7 Å². The minimum atomic E-state index is -0.485. The molecule has 82 valence electrons. The van der Waals surface area contributed by atoms with E-state index in [9.17, 15) is 9.18 Å². The normalized spacial score (nSPS) is 10.1. The third kappa shape index (κ3) is 2.93. The molecule has 0 spiro atoms. The van der Waals surface area contributed by atoms with Crippen LogP contribution in [0.1, 0.15) is 15.9 Å². The van der Waals surface area contributed by atoms with Gasteiger partial charge in [-0.2, -0.15) is 0 Å². The molecule has 1 amide bonds. The summed E-state index contributed by atoms with van der Waals surface area (Å²) in [6, 6.07) is 4.56. The lowest BCUT2D eigenvalue weighted by molar-refractivity contribution is 0.0798. The van der Waals surface area contributed by atoms with Crippen LogP contribution in [0.5, 0.6) is 0 Å². The van der Waals surface area contributed by atoms with Crippen molar-refractivity contribution in [3.63, 3.8) is 0 Å². The van der Waals surface area contributed by atoms with Crippen LogP contribution in [0.4, 0.5) is 4.39 Å². The molecule has 0 aromatic heterocycles. The van der Waals surface area contributed by atoms with Gasteiger partial charge in [0.05, 0.1) is 5.56 Å². The second kappa shape index (κ2) is 5.12. The smallest absolute Gasteiger partial charge is 0.256 e. The molecule has 0 aliphatic heterocycles. The highest BCUT2D eigenvalue weighted by atomic mass is 35.5. The molecule has 0 aliphatic carbocycles. The van der Waals surface area contributed by atoms with E-state index in [0.717, 1.165) is 5.56 Å². The zero-order valence-electron chi connectivity index (χ0n) is 8.76. The van der Waals surface area contributed by atoms with E-state index in [2.05, 4.69) is 0 Å². The minimum Gasteiger partial charge on any atom is -0.340 e. The molecule has 4 heteroatoms. The van der Waals surface area contributed by atoms with Gasteiger partial charge in [-0.25, -0.2) is 4.39 Å². The van der Waals surface area contributed by atoms with Crippen molar-refractivity contribution in [1.82, 2.24) is 4.90 Å². The van der Waals surface area contributed by atoms with Crippen LogP contribution in [-0.4, -0.2) is 30.3 Å². The third-order valence-electron chi connectivity index (χ3n) is 2.12. The Labute approximate surface area is 93.6 Å². The highest BCUT2D eigenvalue weighted by molar-refractivity contribution is 6.18.